The zero-order valence-corrected chi connectivity index (χ0v) is 27.4. The second-order valence-electron chi connectivity index (χ2n) is 0. The van der Waals surface area contributed by atoms with E-state index in [9.17, 15) is 0 Å². The van der Waals surface area contributed by atoms with Gasteiger partial charge in [-0.25, -0.2) is 0 Å². The molecule has 0 rings (SSSR count). The molecular formula is H6K6O6. The maximum atomic E-state index is 0. The fourth-order valence-electron chi connectivity index (χ4n) is 0. The molecule has 12 heavy (non-hydrogen) atoms. The van der Waals surface area contributed by atoms with Gasteiger partial charge in [0, 0.05) is 0 Å². The smallest absolute Gasteiger partial charge is 0.870 e. The molecule has 0 aliphatic carbocycles. The Morgan fingerprint density at radius 3 is 0.167 bits per heavy atom. The van der Waals surface area contributed by atoms with Crippen molar-refractivity contribution in [1.29, 1.82) is 0 Å². The average Bonchev–Trinajstić information content (AvgIpc) is 0. The van der Waals surface area contributed by atoms with E-state index in [1.165, 1.54) is 0 Å². The van der Waals surface area contributed by atoms with Crippen LogP contribution in [0.15, 0.2) is 0 Å². The molecule has 0 atom stereocenters. The van der Waals surface area contributed by atoms with E-state index in [4.69, 9.17) is 0 Å². The molecule has 0 spiro atoms. The molecule has 6 nitrogen and oxygen atoms in total. The van der Waals surface area contributed by atoms with Crippen LogP contribution < -0.4 is 308 Å². The minimum atomic E-state index is 0. The zero-order valence-electron chi connectivity index (χ0n) is 8.68. The summed E-state index contributed by atoms with van der Waals surface area (Å²) < 4.78 is 0. The van der Waals surface area contributed by atoms with Crippen LogP contribution in [0.4, 0.5) is 0 Å². The van der Waals surface area contributed by atoms with Gasteiger partial charge in [-0.3, -0.25) is 0 Å². The van der Waals surface area contributed by atoms with Crippen LogP contribution >= 0.6 is 0 Å². The summed E-state index contributed by atoms with van der Waals surface area (Å²) >= 11 is 0. The topological polar surface area (TPSA) is 180 Å². The minimum Gasteiger partial charge on any atom is -0.870 e. The van der Waals surface area contributed by atoms with Gasteiger partial charge < -0.3 is 32.9 Å². The molecule has 0 fully saturated rings. The van der Waals surface area contributed by atoms with Gasteiger partial charge >= 0.3 is 308 Å². The first-order valence-corrected chi connectivity index (χ1v) is 0. The summed E-state index contributed by atoms with van der Waals surface area (Å²) in [5.41, 5.74) is 0. The molecule has 0 saturated carbocycles. The Labute approximate surface area is 328 Å². The van der Waals surface area contributed by atoms with E-state index in [1.54, 1.807) is 0 Å². The van der Waals surface area contributed by atoms with Gasteiger partial charge in [-0.1, -0.05) is 0 Å². The predicted octanol–water partition coefficient (Wildman–Crippen LogP) is -19.0. The van der Waals surface area contributed by atoms with Crippen molar-refractivity contribution in [1.82, 2.24) is 0 Å². The number of rotatable bonds is 0. The second-order valence-corrected chi connectivity index (χ2v) is 0. The van der Waals surface area contributed by atoms with E-state index in [0.717, 1.165) is 0 Å². The Kier molecular flexibility index (Phi) is 714. The maximum Gasteiger partial charge on any atom is 1.00 e. The summed E-state index contributed by atoms with van der Waals surface area (Å²) in [5, 5.41) is 0. The van der Waals surface area contributed by atoms with Gasteiger partial charge in [0.05, 0.1) is 0 Å². The summed E-state index contributed by atoms with van der Waals surface area (Å²) in [6, 6.07) is 0. The number of hydrogen-bond donors (Lipinski definition) is 0. The van der Waals surface area contributed by atoms with E-state index in [0.29, 0.717) is 0 Å². The van der Waals surface area contributed by atoms with Crippen molar-refractivity contribution in [3.8, 4) is 0 Å². The molecule has 0 saturated heterocycles. The summed E-state index contributed by atoms with van der Waals surface area (Å²) in [6.45, 7) is 0. The monoisotopic (exact) mass is 336 g/mol. The van der Waals surface area contributed by atoms with Crippen molar-refractivity contribution in [2.45, 2.75) is 0 Å². The minimum absolute atomic E-state index is 0. The van der Waals surface area contributed by atoms with Crippen molar-refractivity contribution < 1.29 is 341 Å². The summed E-state index contributed by atoms with van der Waals surface area (Å²) in [5.74, 6) is 0. The van der Waals surface area contributed by atoms with Crippen molar-refractivity contribution in [3.63, 3.8) is 0 Å². The standard InChI is InChI=1S/6K.6H2O/h;;;;;;6*1H2/q6*+1;;;;;;/p-6. The predicted molar refractivity (Wildman–Crippen MR) is 11.6 cm³/mol. The van der Waals surface area contributed by atoms with Gasteiger partial charge in [-0.05, 0) is 0 Å². The van der Waals surface area contributed by atoms with Gasteiger partial charge in [0.15, 0.2) is 0 Å². The van der Waals surface area contributed by atoms with Crippen LogP contribution in [0, 0.1) is 0 Å². The summed E-state index contributed by atoms with van der Waals surface area (Å²) in [6.07, 6.45) is 0. The summed E-state index contributed by atoms with van der Waals surface area (Å²) in [4.78, 5) is 0. The van der Waals surface area contributed by atoms with Crippen LogP contribution in [-0.4, -0.2) is 32.9 Å². The third-order valence-corrected chi connectivity index (χ3v) is 0. The fourth-order valence-corrected chi connectivity index (χ4v) is 0. The quantitative estimate of drug-likeness (QED) is 0.396. The molecule has 0 aliphatic rings. The van der Waals surface area contributed by atoms with E-state index >= 15 is 0 Å². The van der Waals surface area contributed by atoms with Crippen molar-refractivity contribution in [2.24, 2.45) is 0 Å². The maximum absolute atomic E-state index is 0. The van der Waals surface area contributed by atoms with Gasteiger partial charge in [0.2, 0.25) is 0 Å². The van der Waals surface area contributed by atoms with Gasteiger partial charge in [0.1, 0.15) is 0 Å². The Bertz CT molecular complexity index is 12.0. The van der Waals surface area contributed by atoms with Crippen LogP contribution in [0.1, 0.15) is 0 Å². The first-order chi connectivity index (χ1) is 0. The molecule has 0 aromatic rings. The van der Waals surface area contributed by atoms with E-state index in [1.807, 2.05) is 0 Å². The van der Waals surface area contributed by atoms with Gasteiger partial charge in [-0.2, -0.15) is 0 Å². The molecule has 0 amide bonds. The summed E-state index contributed by atoms with van der Waals surface area (Å²) in [7, 11) is 0. The molecular weight excluding hydrogens is 331 g/mol. The average molecular weight is 337 g/mol. The fraction of sp³-hybridized carbons (Fsp3) is 0. The molecule has 0 radical (unpaired) electrons. The Hall–Kier alpha value is 9.58. The van der Waals surface area contributed by atoms with Crippen molar-refractivity contribution in [3.05, 3.63) is 0 Å². The van der Waals surface area contributed by atoms with E-state index in [-0.39, 0.29) is 341 Å². The molecule has 6 N–H and O–H groups in total. The Morgan fingerprint density at radius 1 is 0.167 bits per heavy atom. The van der Waals surface area contributed by atoms with Crippen LogP contribution in [0.5, 0.6) is 0 Å². The van der Waals surface area contributed by atoms with Crippen LogP contribution in [0.2, 0.25) is 0 Å². The SMILES string of the molecule is [K+].[K+].[K+].[K+].[K+].[K+].[OH-].[OH-].[OH-].[OH-].[OH-].[OH-]. The van der Waals surface area contributed by atoms with Crippen LogP contribution in [-0.2, 0) is 0 Å². The Balaban J connectivity index is 0. The van der Waals surface area contributed by atoms with Crippen molar-refractivity contribution >= 4 is 0 Å². The third-order valence-electron chi connectivity index (χ3n) is 0. The van der Waals surface area contributed by atoms with Crippen molar-refractivity contribution in [2.75, 3.05) is 0 Å². The van der Waals surface area contributed by atoms with E-state index < -0.39 is 0 Å². The second kappa shape index (κ2) is 86.0. The van der Waals surface area contributed by atoms with Gasteiger partial charge in [0.25, 0.3) is 0 Å². The largest absolute Gasteiger partial charge is 1.00 e. The van der Waals surface area contributed by atoms with E-state index in [2.05, 4.69) is 0 Å². The first-order valence-electron chi connectivity index (χ1n) is 0. The normalized spacial score (nSPS) is 0. The molecule has 0 heterocycles. The molecule has 0 bridgehead atoms. The molecule has 48 valence electrons. The first kappa shape index (κ1) is 99.6. The Morgan fingerprint density at radius 2 is 0.167 bits per heavy atom. The number of hydrogen-bond acceptors (Lipinski definition) is 6. The van der Waals surface area contributed by atoms with Crippen LogP contribution in [0.25, 0.3) is 0 Å². The zero-order chi connectivity index (χ0) is 0. The molecule has 0 aromatic heterocycles. The molecule has 0 aromatic carbocycles. The van der Waals surface area contributed by atoms with Gasteiger partial charge in [-0.15, -0.1) is 0 Å². The molecule has 0 aliphatic heterocycles. The molecule has 12 heteroatoms. The molecule has 0 unspecified atom stereocenters. The van der Waals surface area contributed by atoms with Crippen LogP contribution in [0.3, 0.4) is 0 Å². The third kappa shape index (κ3) is 73.7.